The summed E-state index contributed by atoms with van der Waals surface area (Å²) in [6.45, 7) is 8.96. The fraction of sp³-hybridized carbons (Fsp3) is 0.824. The Labute approximate surface area is 123 Å². The van der Waals surface area contributed by atoms with Gasteiger partial charge in [0.25, 0.3) is 0 Å². The molecule has 1 fully saturated rings. The standard InChI is InChI=1S/C17H30N2O/c1-5-16(6-2)19-10-8-15(18-19)12-17(20)9-7-13(3)14(4)11-17/h8,10,13-14,16,20H,5-7,9,11-12H2,1-4H3. The normalized spacial score (nSPS) is 30.9. The zero-order chi connectivity index (χ0) is 14.8. The second-order valence-corrected chi connectivity index (χ2v) is 6.86. The second kappa shape index (κ2) is 6.30. The number of rotatable bonds is 5. The van der Waals surface area contributed by atoms with Crippen LogP contribution in [0.5, 0.6) is 0 Å². The lowest BCUT2D eigenvalue weighted by atomic mass is 9.71. The molecule has 20 heavy (non-hydrogen) atoms. The van der Waals surface area contributed by atoms with E-state index in [1.165, 1.54) is 0 Å². The van der Waals surface area contributed by atoms with E-state index in [1.54, 1.807) is 0 Å². The first-order valence-electron chi connectivity index (χ1n) is 8.24. The zero-order valence-electron chi connectivity index (χ0n) is 13.5. The number of nitrogens with zero attached hydrogens (tertiary/aromatic N) is 2. The summed E-state index contributed by atoms with van der Waals surface area (Å²) in [5.74, 6) is 1.34. The molecule has 0 bridgehead atoms. The number of aromatic nitrogens is 2. The average Bonchev–Trinajstić information content (AvgIpc) is 2.84. The van der Waals surface area contributed by atoms with Crippen LogP contribution in [0.4, 0.5) is 0 Å². The third kappa shape index (κ3) is 3.43. The molecular formula is C17H30N2O. The molecule has 0 aliphatic heterocycles. The molecule has 3 atom stereocenters. The van der Waals surface area contributed by atoms with Crippen molar-refractivity contribution in [2.45, 2.75) is 77.9 Å². The van der Waals surface area contributed by atoms with E-state index in [0.717, 1.165) is 43.7 Å². The average molecular weight is 278 g/mol. The summed E-state index contributed by atoms with van der Waals surface area (Å²) < 4.78 is 2.08. The van der Waals surface area contributed by atoms with Gasteiger partial charge in [-0.05, 0) is 50.0 Å². The van der Waals surface area contributed by atoms with E-state index in [-0.39, 0.29) is 0 Å². The van der Waals surface area contributed by atoms with Gasteiger partial charge in [-0.15, -0.1) is 0 Å². The predicted molar refractivity (Wildman–Crippen MR) is 82.7 cm³/mol. The molecular weight excluding hydrogens is 248 g/mol. The Kier molecular flexibility index (Phi) is 4.90. The molecule has 1 aromatic heterocycles. The van der Waals surface area contributed by atoms with Crippen LogP contribution in [0.2, 0.25) is 0 Å². The van der Waals surface area contributed by atoms with Gasteiger partial charge >= 0.3 is 0 Å². The third-order valence-corrected chi connectivity index (χ3v) is 5.23. The van der Waals surface area contributed by atoms with Crippen LogP contribution in [-0.4, -0.2) is 20.5 Å². The van der Waals surface area contributed by atoms with Crippen LogP contribution >= 0.6 is 0 Å². The zero-order valence-corrected chi connectivity index (χ0v) is 13.5. The molecule has 1 aliphatic rings. The highest BCUT2D eigenvalue weighted by atomic mass is 16.3. The highest BCUT2D eigenvalue weighted by Gasteiger charge is 2.36. The molecule has 0 spiro atoms. The Morgan fingerprint density at radius 2 is 2.05 bits per heavy atom. The van der Waals surface area contributed by atoms with Crippen molar-refractivity contribution in [2.24, 2.45) is 11.8 Å². The largest absolute Gasteiger partial charge is 0.389 e. The minimum Gasteiger partial charge on any atom is -0.389 e. The smallest absolute Gasteiger partial charge is 0.0706 e. The van der Waals surface area contributed by atoms with Crippen molar-refractivity contribution in [1.29, 1.82) is 0 Å². The van der Waals surface area contributed by atoms with Crippen LogP contribution in [0.15, 0.2) is 12.3 Å². The molecule has 1 heterocycles. The maximum atomic E-state index is 10.8. The van der Waals surface area contributed by atoms with Gasteiger partial charge in [-0.2, -0.15) is 5.10 Å². The van der Waals surface area contributed by atoms with E-state index in [0.29, 0.717) is 18.4 Å². The summed E-state index contributed by atoms with van der Waals surface area (Å²) >= 11 is 0. The maximum Gasteiger partial charge on any atom is 0.0706 e. The first-order valence-corrected chi connectivity index (χ1v) is 8.24. The first-order chi connectivity index (χ1) is 9.47. The minimum absolute atomic E-state index is 0.490. The van der Waals surface area contributed by atoms with Crippen LogP contribution in [0, 0.1) is 11.8 Å². The number of hydrogen-bond donors (Lipinski definition) is 1. The highest BCUT2D eigenvalue weighted by Crippen LogP contribution is 2.37. The lowest BCUT2D eigenvalue weighted by molar-refractivity contribution is -0.0287. The van der Waals surface area contributed by atoms with Crippen molar-refractivity contribution in [3.63, 3.8) is 0 Å². The summed E-state index contributed by atoms with van der Waals surface area (Å²) in [4.78, 5) is 0. The monoisotopic (exact) mass is 278 g/mol. The quantitative estimate of drug-likeness (QED) is 0.885. The third-order valence-electron chi connectivity index (χ3n) is 5.23. The molecule has 0 radical (unpaired) electrons. The highest BCUT2D eigenvalue weighted by molar-refractivity contribution is 5.06. The van der Waals surface area contributed by atoms with Crippen molar-refractivity contribution in [3.8, 4) is 0 Å². The van der Waals surface area contributed by atoms with E-state index >= 15 is 0 Å². The van der Waals surface area contributed by atoms with Crippen molar-refractivity contribution < 1.29 is 5.11 Å². The first kappa shape index (κ1) is 15.6. The van der Waals surface area contributed by atoms with Gasteiger partial charge in [0.1, 0.15) is 0 Å². The molecule has 0 aromatic carbocycles. The van der Waals surface area contributed by atoms with E-state index in [4.69, 9.17) is 5.10 Å². The van der Waals surface area contributed by atoms with Crippen molar-refractivity contribution in [3.05, 3.63) is 18.0 Å². The Bertz CT molecular complexity index is 424. The van der Waals surface area contributed by atoms with E-state index < -0.39 is 5.60 Å². The Morgan fingerprint density at radius 3 is 2.65 bits per heavy atom. The van der Waals surface area contributed by atoms with Crippen molar-refractivity contribution >= 4 is 0 Å². The van der Waals surface area contributed by atoms with Crippen LogP contribution in [0.25, 0.3) is 0 Å². The van der Waals surface area contributed by atoms with Gasteiger partial charge < -0.3 is 5.11 Å². The van der Waals surface area contributed by atoms with Gasteiger partial charge in [-0.1, -0.05) is 27.7 Å². The summed E-state index contributed by atoms with van der Waals surface area (Å²) in [6, 6.07) is 2.57. The molecule has 2 rings (SSSR count). The summed E-state index contributed by atoms with van der Waals surface area (Å²) in [7, 11) is 0. The van der Waals surface area contributed by atoms with Gasteiger partial charge in [0.2, 0.25) is 0 Å². The van der Waals surface area contributed by atoms with Crippen LogP contribution < -0.4 is 0 Å². The van der Waals surface area contributed by atoms with Crippen LogP contribution in [0.1, 0.15) is 71.5 Å². The van der Waals surface area contributed by atoms with Gasteiger partial charge in [0.05, 0.1) is 17.3 Å². The minimum atomic E-state index is -0.543. The van der Waals surface area contributed by atoms with E-state index in [1.807, 2.05) is 0 Å². The maximum absolute atomic E-state index is 10.8. The van der Waals surface area contributed by atoms with Gasteiger partial charge in [-0.25, -0.2) is 0 Å². The van der Waals surface area contributed by atoms with Crippen molar-refractivity contribution in [2.75, 3.05) is 0 Å². The topological polar surface area (TPSA) is 38.0 Å². The van der Waals surface area contributed by atoms with Crippen molar-refractivity contribution in [1.82, 2.24) is 9.78 Å². The summed E-state index contributed by atoms with van der Waals surface area (Å²) in [5.41, 5.74) is 0.500. The molecule has 1 N–H and O–H groups in total. The number of hydrogen-bond acceptors (Lipinski definition) is 2. The Hall–Kier alpha value is -0.830. The summed E-state index contributed by atoms with van der Waals surface area (Å²) in [6.07, 6.45) is 7.95. The predicted octanol–water partition coefficient (Wildman–Crippen LogP) is 3.97. The molecule has 3 unspecified atom stereocenters. The molecule has 3 nitrogen and oxygen atoms in total. The molecule has 1 aliphatic carbocycles. The summed E-state index contributed by atoms with van der Waals surface area (Å²) in [5, 5.41) is 15.5. The molecule has 0 saturated heterocycles. The second-order valence-electron chi connectivity index (χ2n) is 6.86. The van der Waals surface area contributed by atoms with Gasteiger partial charge in [-0.3, -0.25) is 4.68 Å². The molecule has 3 heteroatoms. The molecule has 1 saturated carbocycles. The lowest BCUT2D eigenvalue weighted by Gasteiger charge is -2.38. The fourth-order valence-electron chi connectivity index (χ4n) is 3.52. The number of aliphatic hydroxyl groups is 1. The fourth-order valence-corrected chi connectivity index (χ4v) is 3.52. The van der Waals surface area contributed by atoms with Crippen LogP contribution in [-0.2, 0) is 6.42 Å². The Balaban J connectivity index is 2.03. The van der Waals surface area contributed by atoms with Crippen LogP contribution in [0.3, 0.4) is 0 Å². The SMILES string of the molecule is CCC(CC)n1ccc(CC2(O)CCC(C)C(C)C2)n1. The molecule has 0 amide bonds. The van der Waals surface area contributed by atoms with E-state index in [2.05, 4.69) is 44.6 Å². The molecule has 114 valence electrons. The lowest BCUT2D eigenvalue weighted by Crippen LogP contribution is -2.39. The Morgan fingerprint density at radius 1 is 1.35 bits per heavy atom. The van der Waals surface area contributed by atoms with E-state index in [9.17, 15) is 5.11 Å². The molecule has 1 aromatic rings. The van der Waals surface area contributed by atoms with Gasteiger partial charge in [0, 0.05) is 12.6 Å². The van der Waals surface area contributed by atoms with Gasteiger partial charge in [0.15, 0.2) is 0 Å².